The van der Waals surface area contributed by atoms with E-state index in [4.69, 9.17) is 4.74 Å². The third-order valence-electron chi connectivity index (χ3n) is 4.12. The zero-order valence-electron chi connectivity index (χ0n) is 15.8. The van der Waals surface area contributed by atoms with Crippen molar-refractivity contribution < 1.29 is 13.5 Å². The molecule has 4 nitrogen and oxygen atoms in total. The van der Waals surface area contributed by atoms with Crippen LogP contribution in [-0.2, 0) is 0 Å². The fourth-order valence-corrected chi connectivity index (χ4v) is 2.31. The van der Waals surface area contributed by atoms with E-state index in [1.807, 2.05) is 31.9 Å². The molecule has 0 spiro atoms. The first kappa shape index (κ1) is 19.8. The first-order chi connectivity index (χ1) is 12.3. The van der Waals surface area contributed by atoms with Crippen molar-refractivity contribution in [2.75, 3.05) is 7.05 Å². The topological polar surface area (TPSA) is 37.7 Å². The maximum Gasteiger partial charge on any atom is 0.214 e. The van der Waals surface area contributed by atoms with Gasteiger partial charge in [-0.2, -0.15) is 0 Å². The van der Waals surface area contributed by atoms with Gasteiger partial charge < -0.3 is 9.64 Å². The minimum Gasteiger partial charge on any atom is -0.469 e. The van der Waals surface area contributed by atoms with Crippen LogP contribution in [0, 0.1) is 18.6 Å². The fraction of sp³-hybridized carbons (Fsp3) is 0.400. The van der Waals surface area contributed by atoms with Gasteiger partial charge in [-0.1, -0.05) is 6.92 Å². The number of ether oxygens (including phenoxy) is 1. The van der Waals surface area contributed by atoms with Crippen molar-refractivity contribution in [3.63, 3.8) is 0 Å². The molecule has 0 bridgehead atoms. The maximum atomic E-state index is 13.5. The molecule has 0 aliphatic carbocycles. The first-order valence-electron chi connectivity index (χ1n) is 8.66. The zero-order chi connectivity index (χ0) is 19.3. The number of aliphatic imine (C=N–C) groups is 1. The number of aryl methyl sites for hydroxylation is 1. The number of rotatable bonds is 7. The molecule has 0 N–H and O–H groups in total. The highest BCUT2D eigenvalue weighted by atomic mass is 19.1. The molecule has 0 amide bonds. The molecule has 140 valence electrons. The zero-order valence-corrected chi connectivity index (χ0v) is 15.8. The second kappa shape index (κ2) is 8.74. The molecule has 2 rings (SSSR count). The van der Waals surface area contributed by atoms with Crippen LogP contribution in [0.25, 0.3) is 0 Å². The predicted molar refractivity (Wildman–Crippen MR) is 100 cm³/mol. The van der Waals surface area contributed by atoms with Crippen LogP contribution in [0.15, 0.2) is 35.3 Å². The third kappa shape index (κ3) is 5.25. The Labute approximate surface area is 153 Å². The number of halogens is 2. The van der Waals surface area contributed by atoms with Crippen LogP contribution in [0.3, 0.4) is 0 Å². The molecule has 0 saturated carbocycles. The predicted octanol–water partition coefficient (Wildman–Crippen LogP) is 5.20. The molecule has 0 aliphatic heterocycles. The Hall–Kier alpha value is -2.50. The quantitative estimate of drug-likeness (QED) is 0.503. The molecule has 1 aromatic carbocycles. The van der Waals surface area contributed by atoms with E-state index in [-0.39, 0.29) is 0 Å². The molecule has 1 unspecified atom stereocenters. The average molecular weight is 361 g/mol. The summed E-state index contributed by atoms with van der Waals surface area (Å²) >= 11 is 0. The van der Waals surface area contributed by atoms with E-state index in [9.17, 15) is 8.78 Å². The van der Waals surface area contributed by atoms with Crippen molar-refractivity contribution in [2.45, 2.75) is 46.3 Å². The second-order valence-corrected chi connectivity index (χ2v) is 6.48. The second-order valence-electron chi connectivity index (χ2n) is 6.48. The lowest BCUT2D eigenvalue weighted by atomic mass is 10.1. The van der Waals surface area contributed by atoms with E-state index in [0.717, 1.165) is 17.4 Å². The number of benzene rings is 1. The summed E-state index contributed by atoms with van der Waals surface area (Å²) in [5.74, 6) is -0.842. The van der Waals surface area contributed by atoms with Crippen LogP contribution in [0.1, 0.15) is 44.6 Å². The molecule has 0 fully saturated rings. The number of hydrogen-bond acceptors (Lipinski definition) is 3. The standard InChI is InChI=1S/C20H25F2N3O/c1-6-19(15-9-16(21)11-17(22)10-15)26-20-8-7-18(14(4)24-20)23-12-25(5)13(2)3/h7-13,19H,6H2,1-5H3. The van der Waals surface area contributed by atoms with Crippen molar-refractivity contribution in [1.82, 2.24) is 9.88 Å². The molecule has 26 heavy (non-hydrogen) atoms. The summed E-state index contributed by atoms with van der Waals surface area (Å²) in [6, 6.07) is 7.30. The van der Waals surface area contributed by atoms with Gasteiger partial charge in [-0.15, -0.1) is 0 Å². The Bertz CT molecular complexity index is 757. The van der Waals surface area contributed by atoms with Gasteiger partial charge in [0, 0.05) is 25.2 Å². The largest absolute Gasteiger partial charge is 0.469 e. The average Bonchev–Trinajstić information content (AvgIpc) is 2.57. The van der Waals surface area contributed by atoms with Gasteiger partial charge >= 0.3 is 0 Å². The molecule has 1 atom stereocenters. The Morgan fingerprint density at radius 1 is 1.19 bits per heavy atom. The number of hydrogen-bond donors (Lipinski definition) is 0. The molecule has 2 aromatic rings. The molecule has 6 heteroatoms. The normalized spacial score (nSPS) is 12.6. The van der Waals surface area contributed by atoms with Crippen molar-refractivity contribution in [3.8, 4) is 5.88 Å². The van der Waals surface area contributed by atoms with E-state index < -0.39 is 17.7 Å². The maximum absolute atomic E-state index is 13.5. The van der Waals surface area contributed by atoms with Crippen LogP contribution < -0.4 is 4.74 Å². The summed E-state index contributed by atoms with van der Waals surface area (Å²) in [5, 5.41) is 0. The van der Waals surface area contributed by atoms with E-state index in [1.165, 1.54) is 12.1 Å². The van der Waals surface area contributed by atoms with Crippen molar-refractivity contribution >= 4 is 12.0 Å². The number of aromatic nitrogens is 1. The van der Waals surface area contributed by atoms with Gasteiger partial charge in [0.15, 0.2) is 0 Å². The minimum atomic E-state index is -0.620. The minimum absolute atomic E-state index is 0.353. The van der Waals surface area contributed by atoms with Crippen molar-refractivity contribution in [1.29, 1.82) is 0 Å². The summed E-state index contributed by atoms with van der Waals surface area (Å²) in [7, 11) is 1.96. The monoisotopic (exact) mass is 361 g/mol. The van der Waals surface area contributed by atoms with E-state index in [2.05, 4.69) is 23.8 Å². The van der Waals surface area contributed by atoms with Gasteiger partial charge in [-0.25, -0.2) is 18.8 Å². The molecule has 0 aliphatic rings. The molecule has 0 radical (unpaired) electrons. The smallest absolute Gasteiger partial charge is 0.214 e. The number of pyridine rings is 1. The van der Waals surface area contributed by atoms with Crippen LogP contribution in [0.5, 0.6) is 5.88 Å². The van der Waals surface area contributed by atoms with Gasteiger partial charge in [0.25, 0.3) is 0 Å². The summed E-state index contributed by atoms with van der Waals surface area (Å²) in [5.41, 5.74) is 1.91. The van der Waals surface area contributed by atoms with Crippen LogP contribution >= 0.6 is 0 Å². The Kier molecular flexibility index (Phi) is 6.66. The highest BCUT2D eigenvalue weighted by Crippen LogP contribution is 2.27. The van der Waals surface area contributed by atoms with Gasteiger partial charge in [0.2, 0.25) is 5.88 Å². The lowest BCUT2D eigenvalue weighted by molar-refractivity contribution is 0.191. The van der Waals surface area contributed by atoms with Crippen LogP contribution in [0.2, 0.25) is 0 Å². The van der Waals surface area contributed by atoms with Gasteiger partial charge in [0.05, 0.1) is 17.7 Å². The van der Waals surface area contributed by atoms with E-state index in [0.29, 0.717) is 23.9 Å². The van der Waals surface area contributed by atoms with Crippen molar-refractivity contribution in [3.05, 3.63) is 53.2 Å². The van der Waals surface area contributed by atoms with Crippen LogP contribution in [-0.4, -0.2) is 29.3 Å². The summed E-state index contributed by atoms with van der Waals surface area (Å²) in [6.07, 6.45) is 1.84. The summed E-state index contributed by atoms with van der Waals surface area (Å²) in [6.45, 7) is 7.89. The van der Waals surface area contributed by atoms with E-state index >= 15 is 0 Å². The molecule has 1 aromatic heterocycles. The third-order valence-corrected chi connectivity index (χ3v) is 4.12. The molecular weight excluding hydrogens is 336 g/mol. The lowest BCUT2D eigenvalue weighted by Gasteiger charge is -2.18. The van der Waals surface area contributed by atoms with Crippen LogP contribution in [0.4, 0.5) is 14.5 Å². The summed E-state index contributed by atoms with van der Waals surface area (Å²) in [4.78, 5) is 10.8. The highest BCUT2D eigenvalue weighted by molar-refractivity contribution is 5.62. The SMILES string of the molecule is CCC(Oc1ccc(N=CN(C)C(C)C)c(C)n1)c1cc(F)cc(F)c1. The Balaban J connectivity index is 2.17. The van der Waals surface area contributed by atoms with Gasteiger partial charge in [-0.05, 0) is 51.0 Å². The lowest BCUT2D eigenvalue weighted by Crippen LogP contribution is -2.24. The number of nitrogens with zero attached hydrogens (tertiary/aromatic N) is 3. The Morgan fingerprint density at radius 2 is 1.85 bits per heavy atom. The molecule has 0 saturated heterocycles. The van der Waals surface area contributed by atoms with Gasteiger partial charge in [0.1, 0.15) is 17.7 Å². The Morgan fingerprint density at radius 3 is 2.38 bits per heavy atom. The fourth-order valence-electron chi connectivity index (χ4n) is 2.31. The molecule has 1 heterocycles. The summed E-state index contributed by atoms with van der Waals surface area (Å²) < 4.78 is 32.8. The van der Waals surface area contributed by atoms with Gasteiger partial charge in [-0.3, -0.25) is 0 Å². The first-order valence-corrected chi connectivity index (χ1v) is 8.66. The van der Waals surface area contributed by atoms with E-state index in [1.54, 1.807) is 12.4 Å². The highest BCUT2D eigenvalue weighted by Gasteiger charge is 2.15. The van der Waals surface area contributed by atoms with Crippen molar-refractivity contribution in [2.24, 2.45) is 4.99 Å². The molecular formula is C20H25F2N3O.